The lowest BCUT2D eigenvalue weighted by atomic mass is 10.0. The second kappa shape index (κ2) is 4.78. The van der Waals surface area contributed by atoms with Crippen LogP contribution in [0.15, 0.2) is 11.2 Å². The Balaban J connectivity index is 3.11. The zero-order valence-corrected chi connectivity index (χ0v) is 11.9. The number of hydrogen-bond acceptors (Lipinski definition) is 3. The van der Waals surface area contributed by atoms with E-state index in [0.29, 0.717) is 12.2 Å². The Morgan fingerprint density at radius 2 is 2.00 bits per heavy atom. The number of nitrogens with zero attached hydrogens (tertiary/aromatic N) is 2. The molecule has 1 rings (SSSR count). The molecule has 0 amide bonds. The van der Waals surface area contributed by atoms with Crippen LogP contribution in [0.4, 0.5) is 0 Å². The van der Waals surface area contributed by atoms with E-state index in [-0.39, 0.29) is 5.03 Å². The van der Waals surface area contributed by atoms with E-state index in [1.54, 1.807) is 7.05 Å². The molecule has 1 N–H and O–H groups in total. The van der Waals surface area contributed by atoms with Crippen molar-refractivity contribution in [2.75, 3.05) is 7.05 Å². The third-order valence-electron chi connectivity index (χ3n) is 3.30. The van der Waals surface area contributed by atoms with Gasteiger partial charge in [-0.25, -0.2) is 13.4 Å². The summed E-state index contributed by atoms with van der Waals surface area (Å²) in [5.74, 6) is 0.686. The molecule has 6 heteroatoms. The Bertz CT molecular complexity index is 477. The van der Waals surface area contributed by atoms with E-state index >= 15 is 0 Å². The van der Waals surface area contributed by atoms with Crippen LogP contribution < -0.4 is 0 Å². The number of H-pyrrole nitrogens is 1. The molecule has 0 aliphatic rings. The molecule has 0 aliphatic carbocycles. The molecule has 0 bridgehead atoms. The zero-order valence-electron chi connectivity index (χ0n) is 11.1. The first-order valence-corrected chi connectivity index (χ1v) is 7.22. The second-order valence-corrected chi connectivity index (χ2v) is 6.62. The molecule has 98 valence electrons. The lowest BCUT2D eigenvalue weighted by molar-refractivity contribution is 0.256. The van der Waals surface area contributed by atoms with Crippen molar-refractivity contribution in [2.24, 2.45) is 0 Å². The molecule has 1 aromatic heterocycles. The average Bonchev–Trinajstić information content (AvgIpc) is 2.77. The number of aromatic nitrogens is 2. The minimum absolute atomic E-state index is 0.165. The molecular formula is C11H21N3O2S. The van der Waals surface area contributed by atoms with Crippen LogP contribution in [-0.2, 0) is 16.4 Å². The molecule has 1 aromatic rings. The monoisotopic (exact) mass is 259 g/mol. The predicted octanol–water partition coefficient (Wildman–Crippen LogP) is 1.78. The highest BCUT2D eigenvalue weighted by atomic mass is 32.2. The molecule has 0 radical (unpaired) electrons. The van der Waals surface area contributed by atoms with Crippen molar-refractivity contribution in [3.8, 4) is 0 Å². The standard InChI is InChI=1S/C11H21N3O2S/c1-6-9-12-8-10(13-9)17(15,16)14(5)11(3,4)7-2/h8H,6-7H2,1-5H3,(H,12,13). The molecule has 0 unspecified atom stereocenters. The van der Waals surface area contributed by atoms with Crippen molar-refractivity contribution in [3.05, 3.63) is 12.0 Å². The molecule has 0 spiro atoms. The third kappa shape index (κ3) is 2.69. The number of sulfonamides is 1. The number of hydrogen-bond donors (Lipinski definition) is 1. The number of rotatable bonds is 5. The van der Waals surface area contributed by atoms with Crippen LogP contribution in [0.5, 0.6) is 0 Å². The molecule has 1 heterocycles. The van der Waals surface area contributed by atoms with Gasteiger partial charge in [0.15, 0.2) is 5.03 Å². The predicted molar refractivity (Wildman–Crippen MR) is 67.3 cm³/mol. The molecule has 0 saturated heterocycles. The topological polar surface area (TPSA) is 66.1 Å². The Morgan fingerprint density at radius 1 is 1.41 bits per heavy atom. The fraction of sp³-hybridized carbons (Fsp3) is 0.727. The van der Waals surface area contributed by atoms with Gasteiger partial charge in [0.05, 0.1) is 6.20 Å². The van der Waals surface area contributed by atoms with E-state index in [1.807, 2.05) is 27.7 Å². The van der Waals surface area contributed by atoms with E-state index in [2.05, 4.69) is 9.97 Å². The molecule has 0 aromatic carbocycles. The highest BCUT2D eigenvalue weighted by molar-refractivity contribution is 7.89. The second-order valence-electron chi connectivity index (χ2n) is 4.69. The lowest BCUT2D eigenvalue weighted by Crippen LogP contribution is -2.44. The summed E-state index contributed by atoms with van der Waals surface area (Å²) in [5, 5.41) is 0.165. The molecule has 17 heavy (non-hydrogen) atoms. The minimum atomic E-state index is -3.48. The summed E-state index contributed by atoms with van der Waals surface area (Å²) >= 11 is 0. The highest BCUT2D eigenvalue weighted by Crippen LogP contribution is 2.24. The number of nitrogens with one attached hydrogen (secondary N) is 1. The van der Waals surface area contributed by atoms with Gasteiger partial charge in [-0.1, -0.05) is 13.8 Å². The number of aryl methyl sites for hydroxylation is 1. The first-order chi connectivity index (χ1) is 7.75. The van der Waals surface area contributed by atoms with Gasteiger partial charge in [0, 0.05) is 19.0 Å². The third-order valence-corrected chi connectivity index (χ3v) is 5.27. The van der Waals surface area contributed by atoms with Gasteiger partial charge in [-0.3, -0.25) is 0 Å². The number of aromatic amines is 1. The van der Waals surface area contributed by atoms with E-state index in [1.165, 1.54) is 10.5 Å². The molecule has 0 aliphatic heterocycles. The lowest BCUT2D eigenvalue weighted by Gasteiger charge is -2.33. The average molecular weight is 259 g/mol. The van der Waals surface area contributed by atoms with Crippen LogP contribution in [0.2, 0.25) is 0 Å². The number of imidazole rings is 1. The van der Waals surface area contributed by atoms with Gasteiger partial charge < -0.3 is 4.98 Å². The maximum atomic E-state index is 12.3. The minimum Gasteiger partial charge on any atom is -0.332 e. The van der Waals surface area contributed by atoms with Crippen LogP contribution in [0.1, 0.15) is 39.9 Å². The highest BCUT2D eigenvalue weighted by Gasteiger charge is 2.33. The maximum absolute atomic E-state index is 12.3. The summed E-state index contributed by atoms with van der Waals surface area (Å²) in [7, 11) is -1.88. The molecule has 0 fully saturated rings. The van der Waals surface area contributed by atoms with E-state index < -0.39 is 15.6 Å². The fourth-order valence-electron chi connectivity index (χ4n) is 1.35. The Labute approximate surface area is 103 Å². The Hall–Kier alpha value is -0.880. The molecule has 5 nitrogen and oxygen atoms in total. The maximum Gasteiger partial charge on any atom is 0.260 e. The van der Waals surface area contributed by atoms with Gasteiger partial charge in [-0.15, -0.1) is 0 Å². The first-order valence-electron chi connectivity index (χ1n) is 5.78. The summed E-state index contributed by atoms with van der Waals surface area (Å²) in [5.41, 5.74) is -0.406. The summed E-state index contributed by atoms with van der Waals surface area (Å²) in [6.07, 6.45) is 2.82. The smallest absolute Gasteiger partial charge is 0.260 e. The fourth-order valence-corrected chi connectivity index (χ4v) is 2.86. The van der Waals surface area contributed by atoms with Crippen molar-refractivity contribution in [2.45, 2.75) is 51.1 Å². The van der Waals surface area contributed by atoms with Crippen molar-refractivity contribution in [1.82, 2.24) is 14.3 Å². The normalized spacial score (nSPS) is 13.3. The van der Waals surface area contributed by atoms with Gasteiger partial charge in [0.25, 0.3) is 10.0 Å². The van der Waals surface area contributed by atoms with Gasteiger partial charge in [-0.05, 0) is 20.3 Å². The SMILES string of the molecule is CCc1ncc(S(=O)(=O)N(C)C(C)(C)CC)[nH]1. The van der Waals surface area contributed by atoms with Gasteiger partial charge in [0.2, 0.25) is 0 Å². The van der Waals surface area contributed by atoms with Crippen molar-refractivity contribution < 1.29 is 8.42 Å². The molecule has 0 saturated carbocycles. The Kier molecular flexibility index (Phi) is 3.99. The van der Waals surface area contributed by atoms with Crippen LogP contribution >= 0.6 is 0 Å². The zero-order chi connectivity index (χ0) is 13.3. The van der Waals surface area contributed by atoms with Crippen LogP contribution in [-0.4, -0.2) is 35.3 Å². The van der Waals surface area contributed by atoms with Crippen molar-refractivity contribution in [1.29, 1.82) is 0 Å². The van der Waals surface area contributed by atoms with Gasteiger partial charge in [0.1, 0.15) is 5.82 Å². The van der Waals surface area contributed by atoms with Crippen LogP contribution in [0.3, 0.4) is 0 Å². The van der Waals surface area contributed by atoms with E-state index in [9.17, 15) is 8.42 Å². The summed E-state index contributed by atoms with van der Waals surface area (Å²) in [4.78, 5) is 6.87. The first kappa shape index (κ1) is 14.2. The van der Waals surface area contributed by atoms with Gasteiger partial charge in [-0.2, -0.15) is 4.31 Å². The van der Waals surface area contributed by atoms with Crippen LogP contribution in [0.25, 0.3) is 0 Å². The summed E-state index contributed by atoms with van der Waals surface area (Å²) in [6, 6.07) is 0. The van der Waals surface area contributed by atoms with Crippen molar-refractivity contribution >= 4 is 10.0 Å². The largest absolute Gasteiger partial charge is 0.332 e. The van der Waals surface area contributed by atoms with Crippen molar-refractivity contribution in [3.63, 3.8) is 0 Å². The van der Waals surface area contributed by atoms with Gasteiger partial charge >= 0.3 is 0 Å². The van der Waals surface area contributed by atoms with Crippen LogP contribution in [0, 0.1) is 0 Å². The van der Waals surface area contributed by atoms with E-state index in [4.69, 9.17) is 0 Å². The quantitative estimate of drug-likeness (QED) is 0.876. The summed E-state index contributed by atoms with van der Waals surface area (Å²) < 4.78 is 26.0. The Morgan fingerprint density at radius 3 is 2.41 bits per heavy atom. The molecule has 0 atom stereocenters. The van der Waals surface area contributed by atoms with E-state index in [0.717, 1.165) is 6.42 Å². The summed E-state index contributed by atoms with van der Waals surface area (Å²) in [6.45, 7) is 7.70. The molecular weight excluding hydrogens is 238 g/mol.